The van der Waals surface area contributed by atoms with E-state index in [1.165, 1.54) is 23.1 Å². The van der Waals surface area contributed by atoms with E-state index in [2.05, 4.69) is 0 Å². The molecule has 1 unspecified atom stereocenters. The highest BCUT2D eigenvalue weighted by molar-refractivity contribution is 6.33. The monoisotopic (exact) mass is 313 g/mol. The summed E-state index contributed by atoms with van der Waals surface area (Å²) in [6, 6.07) is 4.05. The SMILES string of the molecule is CCC1(C(=O)O)CCCN(C(=O)c2c(F)cccc2Cl)C1. The fraction of sp³-hybridized carbons (Fsp3) is 0.467. The number of halogens is 2. The second-order valence-electron chi connectivity index (χ2n) is 5.37. The molecule has 0 saturated carbocycles. The highest BCUT2D eigenvalue weighted by Gasteiger charge is 2.42. The van der Waals surface area contributed by atoms with E-state index in [-0.39, 0.29) is 17.1 Å². The molecular weight excluding hydrogens is 297 g/mol. The first-order valence-electron chi connectivity index (χ1n) is 6.88. The van der Waals surface area contributed by atoms with Crippen LogP contribution < -0.4 is 0 Å². The molecule has 1 N–H and O–H groups in total. The summed E-state index contributed by atoms with van der Waals surface area (Å²) in [4.78, 5) is 25.4. The molecule has 1 heterocycles. The molecule has 2 rings (SSSR count). The second-order valence-corrected chi connectivity index (χ2v) is 5.77. The van der Waals surface area contributed by atoms with Crippen molar-refractivity contribution in [3.63, 3.8) is 0 Å². The molecular formula is C15H17ClFNO3. The summed E-state index contributed by atoms with van der Waals surface area (Å²) in [7, 11) is 0. The molecule has 1 fully saturated rings. The topological polar surface area (TPSA) is 57.6 Å². The number of nitrogens with zero attached hydrogens (tertiary/aromatic N) is 1. The summed E-state index contributed by atoms with van der Waals surface area (Å²) in [6.07, 6.45) is 1.53. The predicted octanol–water partition coefficient (Wildman–Crippen LogP) is 3.20. The Morgan fingerprint density at radius 2 is 2.19 bits per heavy atom. The number of carboxylic acid groups (broad SMARTS) is 1. The van der Waals surface area contributed by atoms with Crippen molar-refractivity contribution in [2.45, 2.75) is 26.2 Å². The number of carboxylic acids is 1. The first-order valence-corrected chi connectivity index (χ1v) is 7.26. The minimum absolute atomic E-state index is 0.0444. The third-order valence-corrected chi connectivity index (χ3v) is 4.49. The lowest BCUT2D eigenvalue weighted by Crippen LogP contribution is -2.49. The average Bonchev–Trinajstić information content (AvgIpc) is 2.46. The summed E-state index contributed by atoms with van der Waals surface area (Å²) in [5.74, 6) is -2.14. The molecule has 1 aromatic carbocycles. The van der Waals surface area contributed by atoms with Crippen LogP contribution in [0.2, 0.25) is 5.02 Å². The lowest BCUT2D eigenvalue weighted by atomic mass is 9.77. The van der Waals surface area contributed by atoms with E-state index < -0.39 is 23.1 Å². The van der Waals surface area contributed by atoms with Crippen LogP contribution in [-0.2, 0) is 4.79 Å². The van der Waals surface area contributed by atoms with Gasteiger partial charge < -0.3 is 10.0 Å². The van der Waals surface area contributed by atoms with Crippen molar-refractivity contribution in [3.05, 3.63) is 34.6 Å². The van der Waals surface area contributed by atoms with Crippen molar-refractivity contribution in [2.24, 2.45) is 5.41 Å². The van der Waals surface area contributed by atoms with Crippen LogP contribution in [0.15, 0.2) is 18.2 Å². The van der Waals surface area contributed by atoms with Gasteiger partial charge in [-0.15, -0.1) is 0 Å². The van der Waals surface area contributed by atoms with Gasteiger partial charge in [0.25, 0.3) is 5.91 Å². The fourth-order valence-corrected chi connectivity index (χ4v) is 3.02. The summed E-state index contributed by atoms with van der Waals surface area (Å²) >= 11 is 5.91. The molecule has 6 heteroatoms. The molecule has 1 atom stereocenters. The number of carbonyl (C=O) groups excluding carboxylic acids is 1. The molecule has 0 aromatic heterocycles. The van der Waals surface area contributed by atoms with E-state index in [1.807, 2.05) is 0 Å². The minimum Gasteiger partial charge on any atom is -0.481 e. The number of likely N-dealkylation sites (tertiary alicyclic amines) is 1. The Hall–Kier alpha value is -1.62. The molecule has 0 spiro atoms. The van der Waals surface area contributed by atoms with Gasteiger partial charge in [-0.3, -0.25) is 9.59 Å². The van der Waals surface area contributed by atoms with Crippen LogP contribution >= 0.6 is 11.6 Å². The van der Waals surface area contributed by atoms with Crippen molar-refractivity contribution in [1.82, 2.24) is 4.90 Å². The second kappa shape index (κ2) is 6.02. The number of benzene rings is 1. The number of amides is 1. The van der Waals surface area contributed by atoms with E-state index in [9.17, 15) is 19.1 Å². The van der Waals surface area contributed by atoms with Gasteiger partial charge in [0.1, 0.15) is 5.82 Å². The van der Waals surface area contributed by atoms with E-state index in [1.54, 1.807) is 6.92 Å². The van der Waals surface area contributed by atoms with Gasteiger partial charge in [-0.25, -0.2) is 4.39 Å². The maximum atomic E-state index is 13.8. The van der Waals surface area contributed by atoms with Crippen molar-refractivity contribution in [2.75, 3.05) is 13.1 Å². The van der Waals surface area contributed by atoms with Crippen LogP contribution in [-0.4, -0.2) is 35.0 Å². The quantitative estimate of drug-likeness (QED) is 0.932. The molecule has 0 bridgehead atoms. The highest BCUT2D eigenvalue weighted by atomic mass is 35.5. The average molecular weight is 314 g/mol. The largest absolute Gasteiger partial charge is 0.481 e. The van der Waals surface area contributed by atoms with Gasteiger partial charge in [0.2, 0.25) is 0 Å². The van der Waals surface area contributed by atoms with Gasteiger partial charge in [-0.2, -0.15) is 0 Å². The van der Waals surface area contributed by atoms with Crippen molar-refractivity contribution in [1.29, 1.82) is 0 Å². The zero-order valence-electron chi connectivity index (χ0n) is 11.7. The van der Waals surface area contributed by atoms with Crippen LogP contribution in [0.4, 0.5) is 4.39 Å². The molecule has 1 aliphatic rings. The number of hydrogen-bond acceptors (Lipinski definition) is 2. The minimum atomic E-state index is -0.953. The smallest absolute Gasteiger partial charge is 0.311 e. The number of rotatable bonds is 3. The Morgan fingerprint density at radius 3 is 2.76 bits per heavy atom. The zero-order valence-corrected chi connectivity index (χ0v) is 12.5. The maximum absolute atomic E-state index is 13.8. The summed E-state index contributed by atoms with van der Waals surface area (Å²) in [6.45, 7) is 2.29. The predicted molar refractivity (Wildman–Crippen MR) is 76.9 cm³/mol. The van der Waals surface area contributed by atoms with Crippen molar-refractivity contribution >= 4 is 23.5 Å². The van der Waals surface area contributed by atoms with E-state index in [4.69, 9.17) is 11.6 Å². The van der Waals surface area contributed by atoms with Crippen molar-refractivity contribution in [3.8, 4) is 0 Å². The van der Waals surface area contributed by atoms with Gasteiger partial charge in [0.15, 0.2) is 0 Å². The molecule has 1 saturated heterocycles. The Bertz CT molecular complexity index is 558. The fourth-order valence-electron chi connectivity index (χ4n) is 2.78. The summed E-state index contributed by atoms with van der Waals surface area (Å²) < 4.78 is 13.8. The first-order chi connectivity index (χ1) is 9.91. The Morgan fingerprint density at radius 1 is 1.48 bits per heavy atom. The molecule has 21 heavy (non-hydrogen) atoms. The van der Waals surface area contributed by atoms with Gasteiger partial charge in [0.05, 0.1) is 16.0 Å². The molecule has 114 valence electrons. The van der Waals surface area contributed by atoms with Crippen LogP contribution in [0.1, 0.15) is 36.5 Å². The van der Waals surface area contributed by atoms with E-state index in [0.29, 0.717) is 25.8 Å². The van der Waals surface area contributed by atoms with Crippen LogP contribution in [0.25, 0.3) is 0 Å². The standard InChI is InChI=1S/C15H17ClFNO3/c1-2-15(14(20)21)7-4-8-18(9-15)13(19)12-10(16)5-3-6-11(12)17/h3,5-6H,2,4,7-9H2,1H3,(H,20,21). The molecule has 4 nitrogen and oxygen atoms in total. The molecule has 1 aliphatic heterocycles. The lowest BCUT2D eigenvalue weighted by molar-refractivity contribution is -0.152. The third kappa shape index (κ3) is 2.88. The third-order valence-electron chi connectivity index (χ3n) is 4.17. The number of hydrogen-bond donors (Lipinski definition) is 1. The molecule has 0 radical (unpaired) electrons. The van der Waals surface area contributed by atoms with Gasteiger partial charge in [-0.1, -0.05) is 24.6 Å². The van der Waals surface area contributed by atoms with E-state index >= 15 is 0 Å². The van der Waals surface area contributed by atoms with Gasteiger partial charge >= 0.3 is 5.97 Å². The Kier molecular flexibility index (Phi) is 4.52. The summed E-state index contributed by atoms with van der Waals surface area (Å²) in [5, 5.41) is 9.47. The normalized spacial score (nSPS) is 22.1. The summed E-state index contributed by atoms with van der Waals surface area (Å²) in [5.41, 5.74) is -1.14. The number of aliphatic carboxylic acids is 1. The first kappa shape index (κ1) is 15.8. The highest BCUT2D eigenvalue weighted by Crippen LogP contribution is 2.35. The Labute approximate surface area is 127 Å². The Balaban J connectivity index is 2.30. The zero-order chi connectivity index (χ0) is 15.6. The van der Waals surface area contributed by atoms with Crippen LogP contribution in [0, 0.1) is 11.2 Å². The molecule has 1 aromatic rings. The maximum Gasteiger partial charge on any atom is 0.311 e. The van der Waals surface area contributed by atoms with Crippen LogP contribution in [0.3, 0.4) is 0 Å². The number of carbonyl (C=O) groups is 2. The van der Waals surface area contributed by atoms with E-state index in [0.717, 1.165) is 0 Å². The molecule has 0 aliphatic carbocycles. The van der Waals surface area contributed by atoms with Gasteiger partial charge in [0, 0.05) is 13.1 Å². The van der Waals surface area contributed by atoms with Gasteiger partial charge in [-0.05, 0) is 31.4 Å². The van der Waals surface area contributed by atoms with Crippen LogP contribution in [0.5, 0.6) is 0 Å². The molecule has 1 amide bonds. The number of piperidine rings is 1. The lowest BCUT2D eigenvalue weighted by Gasteiger charge is -2.39. The van der Waals surface area contributed by atoms with Crippen molar-refractivity contribution < 1.29 is 19.1 Å².